The summed E-state index contributed by atoms with van der Waals surface area (Å²) in [5.74, 6) is 1.03. The molecule has 0 nitrogen and oxygen atoms in total. The van der Waals surface area contributed by atoms with Crippen LogP contribution in [0, 0.1) is 29.4 Å². The van der Waals surface area contributed by atoms with Crippen LogP contribution < -0.4 is 0 Å². The second-order valence-corrected chi connectivity index (χ2v) is 10.3. The van der Waals surface area contributed by atoms with Gasteiger partial charge in [-0.3, -0.25) is 0 Å². The summed E-state index contributed by atoms with van der Waals surface area (Å²) in [6.45, 7) is 4.48. The number of unbranched alkanes of at least 4 members (excludes halogenated alkanes) is 2. The Hall–Kier alpha value is -1.44. The number of halogens is 2. The van der Waals surface area contributed by atoms with Gasteiger partial charge in [-0.05, 0) is 86.7 Å². The maximum atomic E-state index is 14.8. The SMILES string of the molecule is CCCCCC1CCC(/C=C/CCc2ccc(C3=CCC(CCC)CC3)c(F)c2F)CC1. The van der Waals surface area contributed by atoms with E-state index >= 15 is 0 Å². The zero-order valence-corrected chi connectivity index (χ0v) is 20.5. The average molecular weight is 443 g/mol. The number of benzene rings is 1. The Labute approximate surface area is 195 Å². The molecule has 1 aromatic carbocycles. The Kier molecular flexibility index (Phi) is 10.5. The first-order chi connectivity index (χ1) is 15.6. The molecule has 1 unspecified atom stereocenters. The summed E-state index contributed by atoms with van der Waals surface area (Å²) in [5.41, 5.74) is 1.98. The van der Waals surface area contributed by atoms with E-state index in [0.717, 1.165) is 37.2 Å². The van der Waals surface area contributed by atoms with Crippen molar-refractivity contribution in [3.05, 3.63) is 53.1 Å². The summed E-state index contributed by atoms with van der Waals surface area (Å²) in [7, 11) is 0. The van der Waals surface area contributed by atoms with Gasteiger partial charge in [0.15, 0.2) is 11.6 Å². The van der Waals surface area contributed by atoms with E-state index in [1.807, 2.05) is 12.1 Å². The number of allylic oxidation sites excluding steroid dienone is 4. The van der Waals surface area contributed by atoms with Crippen molar-refractivity contribution < 1.29 is 8.78 Å². The fourth-order valence-electron chi connectivity index (χ4n) is 5.71. The van der Waals surface area contributed by atoms with E-state index in [2.05, 4.69) is 32.1 Å². The highest BCUT2D eigenvalue weighted by atomic mass is 19.2. The predicted octanol–water partition coefficient (Wildman–Crippen LogP) is 9.82. The smallest absolute Gasteiger partial charge is 0.166 e. The molecule has 0 bridgehead atoms. The van der Waals surface area contributed by atoms with Gasteiger partial charge in [-0.1, -0.05) is 82.7 Å². The van der Waals surface area contributed by atoms with Crippen molar-refractivity contribution in [2.24, 2.45) is 17.8 Å². The lowest BCUT2D eigenvalue weighted by Gasteiger charge is -2.26. The average Bonchev–Trinajstić information content (AvgIpc) is 2.81. The lowest BCUT2D eigenvalue weighted by atomic mass is 9.79. The zero-order chi connectivity index (χ0) is 22.8. The second-order valence-electron chi connectivity index (χ2n) is 10.3. The summed E-state index contributed by atoms with van der Waals surface area (Å²) in [5, 5.41) is 0. The van der Waals surface area contributed by atoms with E-state index in [4.69, 9.17) is 0 Å². The van der Waals surface area contributed by atoms with Crippen LogP contribution >= 0.6 is 0 Å². The van der Waals surface area contributed by atoms with Crippen LogP contribution in [0.15, 0.2) is 30.4 Å². The molecule has 2 aliphatic carbocycles. The van der Waals surface area contributed by atoms with Crippen LogP contribution in [0.5, 0.6) is 0 Å². The topological polar surface area (TPSA) is 0 Å². The minimum atomic E-state index is -0.645. The van der Waals surface area contributed by atoms with Crippen LogP contribution in [0.2, 0.25) is 0 Å². The molecule has 1 saturated carbocycles. The quantitative estimate of drug-likeness (QED) is 0.236. The molecule has 3 rings (SSSR count). The van der Waals surface area contributed by atoms with Gasteiger partial charge in [0, 0.05) is 5.56 Å². The third-order valence-electron chi connectivity index (χ3n) is 7.82. The van der Waals surface area contributed by atoms with Crippen molar-refractivity contribution >= 4 is 5.57 Å². The molecule has 0 aliphatic heterocycles. The lowest BCUT2D eigenvalue weighted by Crippen LogP contribution is -2.13. The Morgan fingerprint density at radius 1 is 0.875 bits per heavy atom. The molecule has 0 N–H and O–H groups in total. The van der Waals surface area contributed by atoms with Crippen LogP contribution in [-0.4, -0.2) is 0 Å². The molecule has 178 valence electrons. The van der Waals surface area contributed by atoms with Crippen molar-refractivity contribution in [1.82, 2.24) is 0 Å². The summed E-state index contributed by atoms with van der Waals surface area (Å²) < 4.78 is 29.5. The molecular formula is C30H44F2. The van der Waals surface area contributed by atoms with E-state index < -0.39 is 11.6 Å². The Balaban J connectivity index is 1.46. The summed E-state index contributed by atoms with van der Waals surface area (Å²) in [4.78, 5) is 0. The fraction of sp³-hybridized carbons (Fsp3) is 0.667. The van der Waals surface area contributed by atoms with E-state index in [0.29, 0.717) is 29.4 Å². The van der Waals surface area contributed by atoms with Gasteiger partial charge in [0.2, 0.25) is 0 Å². The van der Waals surface area contributed by atoms with Gasteiger partial charge in [0.05, 0.1) is 0 Å². The van der Waals surface area contributed by atoms with Crippen molar-refractivity contribution in [2.75, 3.05) is 0 Å². The molecule has 0 amide bonds. The Bertz CT molecular complexity index is 752. The van der Waals surface area contributed by atoms with E-state index in [1.54, 1.807) is 0 Å². The summed E-state index contributed by atoms with van der Waals surface area (Å²) in [6.07, 6.45) is 24.2. The van der Waals surface area contributed by atoms with E-state index in [-0.39, 0.29) is 0 Å². The second kappa shape index (κ2) is 13.3. The van der Waals surface area contributed by atoms with Gasteiger partial charge in [0.1, 0.15) is 0 Å². The largest absolute Gasteiger partial charge is 0.203 e. The lowest BCUT2D eigenvalue weighted by molar-refractivity contribution is 0.289. The summed E-state index contributed by atoms with van der Waals surface area (Å²) >= 11 is 0. The van der Waals surface area contributed by atoms with Gasteiger partial charge < -0.3 is 0 Å². The van der Waals surface area contributed by atoms with Crippen molar-refractivity contribution in [1.29, 1.82) is 0 Å². The van der Waals surface area contributed by atoms with Gasteiger partial charge in [-0.2, -0.15) is 0 Å². The van der Waals surface area contributed by atoms with Gasteiger partial charge >= 0.3 is 0 Å². The zero-order valence-electron chi connectivity index (χ0n) is 20.5. The molecule has 0 saturated heterocycles. The Morgan fingerprint density at radius 3 is 2.38 bits per heavy atom. The molecule has 2 aliphatic rings. The molecule has 32 heavy (non-hydrogen) atoms. The van der Waals surface area contributed by atoms with Gasteiger partial charge in [-0.15, -0.1) is 0 Å². The van der Waals surface area contributed by atoms with Gasteiger partial charge in [0.25, 0.3) is 0 Å². The number of aryl methyl sites for hydroxylation is 1. The molecule has 0 spiro atoms. The monoisotopic (exact) mass is 442 g/mol. The minimum absolute atomic E-state index is 0.479. The number of hydrogen-bond acceptors (Lipinski definition) is 0. The first-order valence-corrected chi connectivity index (χ1v) is 13.4. The van der Waals surface area contributed by atoms with Crippen LogP contribution in [0.1, 0.15) is 115 Å². The molecule has 1 fully saturated rings. The number of rotatable bonds is 11. The first-order valence-electron chi connectivity index (χ1n) is 13.4. The molecule has 1 atom stereocenters. The van der Waals surface area contributed by atoms with Gasteiger partial charge in [-0.25, -0.2) is 8.78 Å². The van der Waals surface area contributed by atoms with Crippen molar-refractivity contribution in [3.8, 4) is 0 Å². The minimum Gasteiger partial charge on any atom is -0.203 e. The molecule has 1 aromatic rings. The molecule has 2 heteroatoms. The molecular weight excluding hydrogens is 398 g/mol. The maximum Gasteiger partial charge on any atom is 0.166 e. The normalized spacial score (nSPS) is 24.1. The highest BCUT2D eigenvalue weighted by molar-refractivity contribution is 5.67. The third-order valence-corrected chi connectivity index (χ3v) is 7.82. The highest BCUT2D eigenvalue weighted by Crippen LogP contribution is 2.35. The molecule has 0 heterocycles. The van der Waals surface area contributed by atoms with Crippen LogP contribution in [0.3, 0.4) is 0 Å². The van der Waals surface area contributed by atoms with Crippen molar-refractivity contribution in [3.63, 3.8) is 0 Å². The Morgan fingerprint density at radius 2 is 1.69 bits per heavy atom. The van der Waals surface area contributed by atoms with Crippen LogP contribution in [-0.2, 0) is 6.42 Å². The van der Waals surface area contributed by atoms with Crippen LogP contribution in [0.25, 0.3) is 5.57 Å². The van der Waals surface area contributed by atoms with Crippen LogP contribution in [0.4, 0.5) is 8.78 Å². The first kappa shape index (κ1) is 25.2. The molecule has 0 aromatic heterocycles. The molecule has 0 radical (unpaired) electrons. The number of hydrogen-bond donors (Lipinski definition) is 0. The fourth-order valence-corrected chi connectivity index (χ4v) is 5.71. The maximum absolute atomic E-state index is 14.8. The van der Waals surface area contributed by atoms with E-state index in [9.17, 15) is 8.78 Å². The van der Waals surface area contributed by atoms with E-state index in [1.165, 1.54) is 64.2 Å². The summed E-state index contributed by atoms with van der Waals surface area (Å²) in [6, 6.07) is 3.62. The van der Waals surface area contributed by atoms with Crippen molar-refractivity contribution in [2.45, 2.75) is 110 Å². The standard InChI is InChI=1S/C30H44F2/c1-3-5-6-10-24-13-15-25(16-14-24)11-7-8-12-27-21-22-28(30(32)29(27)31)26-19-17-23(9-4-2)18-20-26/h7,11,19,21-25H,3-6,8-10,12-18,20H2,1-2H3/b11-7+. The predicted molar refractivity (Wildman–Crippen MR) is 134 cm³/mol. The highest BCUT2D eigenvalue weighted by Gasteiger charge is 2.21. The third kappa shape index (κ3) is 7.29.